The zero-order valence-corrected chi connectivity index (χ0v) is 18.0. The highest BCUT2D eigenvalue weighted by Crippen LogP contribution is 2.33. The molecule has 0 saturated carbocycles. The number of hydrogen-bond acceptors (Lipinski definition) is 8. The van der Waals surface area contributed by atoms with E-state index in [0.717, 1.165) is 28.8 Å². The van der Waals surface area contributed by atoms with Crippen molar-refractivity contribution in [2.45, 2.75) is 38.6 Å². The highest BCUT2D eigenvalue weighted by Gasteiger charge is 2.36. The van der Waals surface area contributed by atoms with Crippen LogP contribution in [0.1, 0.15) is 40.3 Å². The maximum Gasteiger partial charge on any atom is 0.573 e. The monoisotopic (exact) mass is 475 g/mol. The van der Waals surface area contributed by atoms with E-state index in [-0.39, 0.29) is 24.2 Å². The number of nitrogen functional groups attached to an aromatic ring is 1. The average Bonchev–Trinajstić information content (AvgIpc) is 3.29. The van der Waals surface area contributed by atoms with Gasteiger partial charge >= 0.3 is 6.36 Å². The predicted molar refractivity (Wildman–Crippen MR) is 113 cm³/mol. The lowest BCUT2D eigenvalue weighted by Gasteiger charge is -2.40. The Kier molecular flexibility index (Phi) is 5.48. The summed E-state index contributed by atoms with van der Waals surface area (Å²) in [5, 5.41) is 0.740. The van der Waals surface area contributed by atoms with E-state index in [1.807, 2.05) is 6.92 Å². The van der Waals surface area contributed by atoms with Crippen molar-refractivity contribution in [1.29, 1.82) is 0 Å². The molecule has 0 unspecified atom stereocenters. The van der Waals surface area contributed by atoms with Gasteiger partial charge < -0.3 is 24.8 Å². The Morgan fingerprint density at radius 1 is 1.15 bits per heavy atom. The molecular weight excluding hydrogens is 455 g/mol. The number of amides is 1. The lowest BCUT2D eigenvalue weighted by atomic mass is 10.0. The van der Waals surface area contributed by atoms with E-state index in [1.165, 1.54) is 12.3 Å². The van der Waals surface area contributed by atoms with Crippen molar-refractivity contribution in [3.05, 3.63) is 53.1 Å². The molecule has 3 aromatic heterocycles. The number of halogens is 3. The Balaban J connectivity index is 1.48. The lowest BCUT2D eigenvalue weighted by molar-refractivity contribution is -0.274. The smallest absolute Gasteiger partial charge is 0.404 e. The first-order chi connectivity index (χ1) is 16.2. The van der Waals surface area contributed by atoms with Crippen LogP contribution in [0.4, 0.5) is 19.0 Å². The maximum absolute atomic E-state index is 13.6. The molecular formula is C22H20F3N5O4. The number of morpholine rings is 1. The number of pyridine rings is 3. The van der Waals surface area contributed by atoms with Crippen LogP contribution in [0.5, 0.6) is 5.75 Å². The van der Waals surface area contributed by atoms with Gasteiger partial charge in [0.2, 0.25) is 0 Å². The molecule has 3 aromatic rings. The van der Waals surface area contributed by atoms with E-state index < -0.39 is 18.2 Å². The fourth-order valence-corrected chi connectivity index (χ4v) is 4.29. The molecule has 34 heavy (non-hydrogen) atoms. The minimum atomic E-state index is -4.82. The van der Waals surface area contributed by atoms with Gasteiger partial charge in [-0.1, -0.05) is 0 Å². The van der Waals surface area contributed by atoms with Gasteiger partial charge in [-0.25, -0.2) is 9.97 Å². The number of anilines is 1. The summed E-state index contributed by atoms with van der Waals surface area (Å²) in [5.41, 5.74) is 8.83. The highest BCUT2D eigenvalue weighted by atomic mass is 19.4. The number of carbonyl (C=O) groups excluding carboxylic acids is 1. The molecule has 0 bridgehead atoms. The molecule has 2 aliphatic heterocycles. The van der Waals surface area contributed by atoms with E-state index in [2.05, 4.69) is 19.7 Å². The van der Waals surface area contributed by atoms with Crippen molar-refractivity contribution < 1.29 is 32.2 Å². The van der Waals surface area contributed by atoms with Crippen molar-refractivity contribution in [3.63, 3.8) is 0 Å². The zero-order valence-electron chi connectivity index (χ0n) is 18.0. The van der Waals surface area contributed by atoms with Crippen molar-refractivity contribution in [3.8, 4) is 5.75 Å². The fraction of sp³-hybridized carbons (Fsp3) is 0.364. The summed E-state index contributed by atoms with van der Waals surface area (Å²) in [7, 11) is 0. The summed E-state index contributed by atoms with van der Waals surface area (Å²) in [6.45, 7) is 2.98. The third-order valence-corrected chi connectivity index (χ3v) is 5.85. The molecule has 0 spiro atoms. The van der Waals surface area contributed by atoms with Crippen LogP contribution in [-0.2, 0) is 22.7 Å². The van der Waals surface area contributed by atoms with E-state index in [1.54, 1.807) is 11.0 Å². The number of fused-ring (bicyclic) bond motifs is 3. The molecule has 178 valence electrons. The van der Waals surface area contributed by atoms with Gasteiger partial charge in [0.1, 0.15) is 17.3 Å². The Labute approximate surface area is 191 Å². The first-order valence-corrected chi connectivity index (χ1v) is 10.5. The Morgan fingerprint density at radius 3 is 2.68 bits per heavy atom. The second-order valence-electron chi connectivity index (χ2n) is 8.11. The molecule has 5 heterocycles. The highest BCUT2D eigenvalue weighted by molar-refractivity contribution is 5.97. The second kappa shape index (κ2) is 8.37. The first-order valence-electron chi connectivity index (χ1n) is 10.5. The van der Waals surface area contributed by atoms with Crippen LogP contribution >= 0.6 is 0 Å². The van der Waals surface area contributed by atoms with Gasteiger partial charge in [-0.2, -0.15) is 0 Å². The minimum absolute atomic E-state index is 0.136. The minimum Gasteiger partial charge on any atom is -0.404 e. The maximum atomic E-state index is 13.6. The number of nitrogens with two attached hydrogens (primary N) is 1. The van der Waals surface area contributed by atoms with Crippen LogP contribution in [0.3, 0.4) is 0 Å². The molecule has 2 N–H and O–H groups in total. The molecule has 12 heteroatoms. The molecule has 0 aliphatic carbocycles. The van der Waals surface area contributed by atoms with Gasteiger partial charge in [-0.15, -0.1) is 13.2 Å². The molecule has 9 nitrogen and oxygen atoms in total. The summed E-state index contributed by atoms with van der Waals surface area (Å²) >= 11 is 0. The fourth-order valence-electron chi connectivity index (χ4n) is 4.29. The van der Waals surface area contributed by atoms with Gasteiger partial charge in [-0.05, 0) is 30.7 Å². The predicted octanol–water partition coefficient (Wildman–Crippen LogP) is 3.14. The molecule has 0 radical (unpaired) electrons. The number of hydrogen-bond donors (Lipinski definition) is 1. The summed E-state index contributed by atoms with van der Waals surface area (Å²) in [5.74, 6) is -0.422. The van der Waals surface area contributed by atoms with Crippen molar-refractivity contribution in [1.82, 2.24) is 19.9 Å². The molecule has 5 rings (SSSR count). The van der Waals surface area contributed by atoms with Gasteiger partial charge in [0, 0.05) is 10.9 Å². The third kappa shape index (κ3) is 4.10. The topological polar surface area (TPSA) is 113 Å². The number of rotatable bonds is 3. The van der Waals surface area contributed by atoms with E-state index in [0.29, 0.717) is 36.8 Å². The lowest BCUT2D eigenvalue weighted by Crippen LogP contribution is -2.49. The van der Waals surface area contributed by atoms with Crippen LogP contribution in [-0.4, -0.2) is 51.4 Å². The average molecular weight is 475 g/mol. The second-order valence-corrected chi connectivity index (χ2v) is 8.11. The van der Waals surface area contributed by atoms with Gasteiger partial charge in [0.15, 0.2) is 0 Å². The van der Waals surface area contributed by atoms with Gasteiger partial charge in [0.25, 0.3) is 5.91 Å². The summed E-state index contributed by atoms with van der Waals surface area (Å²) < 4.78 is 52.4. The van der Waals surface area contributed by atoms with Crippen LogP contribution in [0.2, 0.25) is 0 Å². The number of carbonyl (C=O) groups is 1. The normalized spacial score (nSPS) is 20.4. The summed E-state index contributed by atoms with van der Waals surface area (Å²) in [4.78, 5) is 27.9. The van der Waals surface area contributed by atoms with Crippen molar-refractivity contribution >= 4 is 22.6 Å². The Morgan fingerprint density at radius 2 is 1.94 bits per heavy atom. The first kappa shape index (κ1) is 22.3. The van der Waals surface area contributed by atoms with Gasteiger partial charge in [0.05, 0.1) is 62.1 Å². The number of ether oxygens (including phenoxy) is 3. The summed E-state index contributed by atoms with van der Waals surface area (Å²) in [6.07, 6.45) is -2.35. The molecule has 1 saturated heterocycles. The number of alkyl halides is 3. The van der Waals surface area contributed by atoms with Crippen LogP contribution < -0.4 is 10.5 Å². The molecule has 0 aromatic carbocycles. The Hall–Kier alpha value is -3.51. The zero-order chi connectivity index (χ0) is 24.0. The standard InChI is InChI=1S/C22H20F3N5O4/c1-11-7-32-10-19(16-3-2-12(5-27-16)34-22(23,24)25)30(11)21(31)17-4-13-14-8-33-9-15(14)20(26)29-18(13)6-28-17/h2-6,11,19H,7-10H2,1H3,(H2,26,29)/t11-,19-/m0/s1. The largest absolute Gasteiger partial charge is 0.573 e. The van der Waals surface area contributed by atoms with E-state index in [4.69, 9.17) is 15.2 Å². The molecule has 1 fully saturated rings. The van der Waals surface area contributed by atoms with Crippen LogP contribution in [0, 0.1) is 0 Å². The van der Waals surface area contributed by atoms with Crippen molar-refractivity contribution in [2.24, 2.45) is 0 Å². The third-order valence-electron chi connectivity index (χ3n) is 5.85. The van der Waals surface area contributed by atoms with Crippen molar-refractivity contribution in [2.75, 3.05) is 18.9 Å². The quantitative estimate of drug-likeness (QED) is 0.615. The number of nitrogens with zero attached hydrogens (tertiary/aromatic N) is 4. The molecule has 1 amide bonds. The SMILES string of the molecule is C[C@H]1COC[C@@H](c2ccc(OC(F)(F)F)cn2)N1C(=O)c1cc2c3c(c(N)nc2cn1)COC3. The van der Waals surface area contributed by atoms with E-state index in [9.17, 15) is 18.0 Å². The van der Waals surface area contributed by atoms with Gasteiger partial charge in [-0.3, -0.25) is 9.78 Å². The molecule has 2 atom stereocenters. The van der Waals surface area contributed by atoms with Crippen LogP contribution in [0.15, 0.2) is 30.6 Å². The van der Waals surface area contributed by atoms with Crippen LogP contribution in [0.25, 0.3) is 10.9 Å². The Bertz CT molecular complexity index is 1250. The number of aromatic nitrogens is 3. The van der Waals surface area contributed by atoms with E-state index >= 15 is 0 Å². The summed E-state index contributed by atoms with van der Waals surface area (Å²) in [6, 6.07) is 3.27. The molecule has 2 aliphatic rings.